The normalized spacial score (nSPS) is 19.7. The number of nitrogens with zero attached hydrogens (tertiary/aromatic N) is 1. The highest BCUT2D eigenvalue weighted by molar-refractivity contribution is 5.68. The number of hydrogen-bond donors (Lipinski definition) is 0. The van der Waals surface area contributed by atoms with Gasteiger partial charge >= 0.3 is 12.3 Å². The van der Waals surface area contributed by atoms with Gasteiger partial charge in [-0.2, -0.15) is 13.2 Å². The second-order valence-corrected chi connectivity index (χ2v) is 6.75. The summed E-state index contributed by atoms with van der Waals surface area (Å²) in [4.78, 5) is 12.6. The van der Waals surface area contributed by atoms with Crippen LogP contribution in [0.1, 0.15) is 19.8 Å². The summed E-state index contributed by atoms with van der Waals surface area (Å²) in [5.74, 6) is 0.00967. The van der Waals surface area contributed by atoms with Gasteiger partial charge in [0.1, 0.15) is 23.7 Å². The number of likely N-dealkylation sites (tertiary alicyclic amines) is 1. The predicted octanol–water partition coefficient (Wildman–Crippen LogP) is 5.42. The number of rotatable bonds is 4. The Labute approximate surface area is 166 Å². The largest absolute Gasteiger partial charge is 0.490 e. The molecule has 29 heavy (non-hydrogen) atoms. The molecule has 2 aromatic carbocycles. The summed E-state index contributed by atoms with van der Waals surface area (Å²) in [7, 11) is 0. The van der Waals surface area contributed by atoms with E-state index < -0.39 is 24.4 Å². The highest BCUT2D eigenvalue weighted by Gasteiger charge is 2.49. The summed E-state index contributed by atoms with van der Waals surface area (Å²) in [6.07, 6.45) is -6.41. The summed E-state index contributed by atoms with van der Waals surface area (Å²) >= 11 is 0. The minimum atomic E-state index is -4.59. The van der Waals surface area contributed by atoms with E-state index in [1.807, 2.05) is 0 Å². The van der Waals surface area contributed by atoms with E-state index in [2.05, 4.69) is 0 Å². The molecule has 4 nitrogen and oxygen atoms in total. The highest BCUT2D eigenvalue weighted by Crippen LogP contribution is 2.34. The first-order chi connectivity index (χ1) is 13.8. The van der Waals surface area contributed by atoms with Crippen LogP contribution in [0.4, 0.5) is 22.4 Å². The van der Waals surface area contributed by atoms with Gasteiger partial charge in [0.15, 0.2) is 0 Å². The predicted molar refractivity (Wildman–Crippen MR) is 99.1 cm³/mol. The van der Waals surface area contributed by atoms with Crippen molar-refractivity contribution < 1.29 is 31.8 Å². The first kappa shape index (κ1) is 21.0. The van der Waals surface area contributed by atoms with Crippen LogP contribution in [0.25, 0.3) is 11.1 Å². The standard InChI is InChI=1S/C21H21F4NO3/c1-2-28-20(27)26-10-9-18(13-19(26)21(23,24)25)29-17-8-4-6-15(12-17)14-5-3-7-16(22)11-14/h3-8,11-12,18-19H,2,9-10,13H2,1H3. The van der Waals surface area contributed by atoms with Crippen LogP contribution in [0.3, 0.4) is 0 Å². The van der Waals surface area contributed by atoms with Crippen molar-refractivity contribution >= 4 is 6.09 Å². The van der Waals surface area contributed by atoms with E-state index >= 15 is 0 Å². The Morgan fingerprint density at radius 3 is 2.48 bits per heavy atom. The number of carbonyl (C=O) groups is 1. The number of amides is 1. The van der Waals surface area contributed by atoms with E-state index in [1.54, 1.807) is 43.3 Å². The minimum Gasteiger partial charge on any atom is -0.490 e. The quantitative estimate of drug-likeness (QED) is 0.631. The highest BCUT2D eigenvalue weighted by atomic mass is 19.4. The zero-order chi connectivity index (χ0) is 21.0. The van der Waals surface area contributed by atoms with E-state index in [-0.39, 0.29) is 31.8 Å². The lowest BCUT2D eigenvalue weighted by Crippen LogP contribution is -2.55. The zero-order valence-electron chi connectivity index (χ0n) is 15.8. The zero-order valence-corrected chi connectivity index (χ0v) is 15.8. The molecule has 0 aliphatic carbocycles. The van der Waals surface area contributed by atoms with Gasteiger partial charge in [-0.3, -0.25) is 4.90 Å². The third kappa shape index (κ3) is 5.19. The molecular weight excluding hydrogens is 390 g/mol. The van der Waals surface area contributed by atoms with E-state index in [9.17, 15) is 22.4 Å². The molecule has 0 N–H and O–H groups in total. The maximum absolute atomic E-state index is 13.5. The maximum atomic E-state index is 13.5. The lowest BCUT2D eigenvalue weighted by Gasteiger charge is -2.39. The van der Waals surface area contributed by atoms with Crippen LogP contribution in [-0.2, 0) is 4.74 Å². The van der Waals surface area contributed by atoms with Gasteiger partial charge in [0.2, 0.25) is 0 Å². The number of piperidine rings is 1. The topological polar surface area (TPSA) is 38.8 Å². The van der Waals surface area contributed by atoms with Crippen molar-refractivity contribution in [3.8, 4) is 16.9 Å². The molecule has 8 heteroatoms. The third-order valence-corrected chi connectivity index (χ3v) is 4.73. The molecule has 2 unspecified atom stereocenters. The molecule has 1 saturated heterocycles. The lowest BCUT2D eigenvalue weighted by molar-refractivity contribution is -0.192. The molecule has 0 saturated carbocycles. The number of ether oxygens (including phenoxy) is 2. The Kier molecular flexibility index (Phi) is 6.30. The Morgan fingerprint density at radius 2 is 1.83 bits per heavy atom. The Hall–Kier alpha value is -2.77. The van der Waals surface area contributed by atoms with Gasteiger partial charge in [0.25, 0.3) is 0 Å². The molecule has 1 amide bonds. The number of benzene rings is 2. The number of alkyl halides is 3. The van der Waals surface area contributed by atoms with Crippen molar-refractivity contribution in [3.05, 3.63) is 54.3 Å². The minimum absolute atomic E-state index is 0.00666. The molecule has 1 fully saturated rings. The molecular formula is C21H21F4NO3. The summed E-state index contributed by atoms with van der Waals surface area (Å²) in [6, 6.07) is 10.8. The number of hydrogen-bond acceptors (Lipinski definition) is 3. The molecule has 2 atom stereocenters. The van der Waals surface area contributed by atoms with Gasteiger partial charge in [0.05, 0.1) is 6.61 Å². The molecule has 1 aliphatic rings. The van der Waals surface area contributed by atoms with Crippen LogP contribution < -0.4 is 4.74 Å². The van der Waals surface area contributed by atoms with Crippen molar-refractivity contribution in [2.75, 3.05) is 13.2 Å². The second kappa shape index (κ2) is 8.71. The van der Waals surface area contributed by atoms with Crippen molar-refractivity contribution in [1.29, 1.82) is 0 Å². The molecule has 0 radical (unpaired) electrons. The molecule has 0 aromatic heterocycles. The second-order valence-electron chi connectivity index (χ2n) is 6.75. The fraction of sp³-hybridized carbons (Fsp3) is 0.381. The van der Waals surface area contributed by atoms with Crippen LogP contribution >= 0.6 is 0 Å². The van der Waals surface area contributed by atoms with E-state index in [1.165, 1.54) is 12.1 Å². The Balaban J connectivity index is 1.74. The molecule has 1 aliphatic heterocycles. The van der Waals surface area contributed by atoms with Crippen molar-refractivity contribution in [2.45, 2.75) is 38.1 Å². The fourth-order valence-corrected chi connectivity index (χ4v) is 3.38. The molecule has 2 aromatic rings. The van der Waals surface area contributed by atoms with E-state index in [0.29, 0.717) is 21.8 Å². The SMILES string of the molecule is CCOC(=O)N1CCC(Oc2cccc(-c3cccc(F)c3)c2)CC1C(F)(F)F. The number of halogens is 4. The summed E-state index contributed by atoms with van der Waals surface area (Å²) < 4.78 is 64.5. The third-order valence-electron chi connectivity index (χ3n) is 4.73. The Bertz CT molecular complexity index is 856. The van der Waals surface area contributed by atoms with Crippen LogP contribution in [0.15, 0.2) is 48.5 Å². The van der Waals surface area contributed by atoms with Gasteiger partial charge in [-0.25, -0.2) is 9.18 Å². The van der Waals surface area contributed by atoms with Crippen LogP contribution in [0.2, 0.25) is 0 Å². The van der Waals surface area contributed by atoms with Crippen molar-refractivity contribution in [3.63, 3.8) is 0 Å². The van der Waals surface area contributed by atoms with Gasteiger partial charge in [-0.15, -0.1) is 0 Å². The van der Waals surface area contributed by atoms with E-state index in [0.717, 1.165) is 0 Å². The van der Waals surface area contributed by atoms with Crippen LogP contribution in [-0.4, -0.2) is 42.5 Å². The first-order valence-electron chi connectivity index (χ1n) is 9.30. The Morgan fingerprint density at radius 1 is 1.14 bits per heavy atom. The molecule has 1 heterocycles. The number of carbonyl (C=O) groups excluding carboxylic acids is 1. The molecule has 0 bridgehead atoms. The van der Waals surface area contributed by atoms with Gasteiger partial charge in [-0.1, -0.05) is 24.3 Å². The van der Waals surface area contributed by atoms with Crippen LogP contribution in [0.5, 0.6) is 5.75 Å². The monoisotopic (exact) mass is 411 g/mol. The molecule has 3 rings (SSSR count). The van der Waals surface area contributed by atoms with E-state index in [4.69, 9.17) is 9.47 Å². The summed E-state index contributed by atoms with van der Waals surface area (Å²) in [5, 5.41) is 0. The fourth-order valence-electron chi connectivity index (χ4n) is 3.38. The van der Waals surface area contributed by atoms with Crippen LogP contribution in [0, 0.1) is 5.82 Å². The van der Waals surface area contributed by atoms with Gasteiger partial charge in [-0.05, 0) is 42.3 Å². The smallest absolute Gasteiger partial charge is 0.410 e. The lowest BCUT2D eigenvalue weighted by atomic mass is 9.99. The van der Waals surface area contributed by atoms with Gasteiger partial charge in [0, 0.05) is 19.4 Å². The first-order valence-corrected chi connectivity index (χ1v) is 9.30. The maximum Gasteiger partial charge on any atom is 0.410 e. The molecule has 156 valence electrons. The average molecular weight is 411 g/mol. The van der Waals surface area contributed by atoms with Crippen molar-refractivity contribution in [1.82, 2.24) is 4.90 Å². The summed E-state index contributed by atoms with van der Waals surface area (Å²) in [6.45, 7) is 1.44. The average Bonchev–Trinajstić information content (AvgIpc) is 2.68. The van der Waals surface area contributed by atoms with Gasteiger partial charge < -0.3 is 9.47 Å². The summed E-state index contributed by atoms with van der Waals surface area (Å²) in [5.41, 5.74) is 1.33. The van der Waals surface area contributed by atoms with Crippen molar-refractivity contribution in [2.24, 2.45) is 0 Å². The molecule has 0 spiro atoms.